The summed E-state index contributed by atoms with van der Waals surface area (Å²) in [5, 5.41) is 2.67. The monoisotopic (exact) mass is 508 g/mol. The number of carbonyl (C=O) groups is 3. The van der Waals surface area contributed by atoms with Gasteiger partial charge in [-0.25, -0.2) is 22.3 Å². The van der Waals surface area contributed by atoms with Crippen LogP contribution in [0, 0.1) is 0 Å². The van der Waals surface area contributed by atoms with Crippen LogP contribution < -0.4 is 20.5 Å². The van der Waals surface area contributed by atoms with Crippen LogP contribution in [-0.4, -0.2) is 68.9 Å². The fourth-order valence-corrected chi connectivity index (χ4v) is 6.50. The molecule has 1 atom stereocenters. The van der Waals surface area contributed by atoms with Gasteiger partial charge in [0.25, 0.3) is 5.91 Å². The van der Waals surface area contributed by atoms with Crippen LogP contribution in [0.1, 0.15) is 45.6 Å². The Labute approximate surface area is 205 Å². The Morgan fingerprint density at radius 2 is 2.03 bits per heavy atom. The molecule has 0 bridgehead atoms. The van der Waals surface area contributed by atoms with E-state index in [4.69, 9.17) is 15.2 Å². The van der Waals surface area contributed by atoms with Crippen LogP contribution in [-0.2, 0) is 19.6 Å². The lowest BCUT2D eigenvalue weighted by Crippen LogP contribution is -2.52. The highest BCUT2D eigenvalue weighted by Gasteiger charge is 2.52. The van der Waals surface area contributed by atoms with Gasteiger partial charge in [0, 0.05) is 37.2 Å². The van der Waals surface area contributed by atoms with E-state index in [0.717, 1.165) is 17.5 Å². The van der Waals surface area contributed by atoms with Gasteiger partial charge in [-0.15, -0.1) is 0 Å². The lowest BCUT2D eigenvalue weighted by molar-refractivity contribution is -0.123. The zero-order valence-corrected chi connectivity index (χ0v) is 21.2. The first-order valence-corrected chi connectivity index (χ1v) is 12.9. The Morgan fingerprint density at radius 3 is 2.63 bits per heavy atom. The predicted molar refractivity (Wildman–Crippen MR) is 128 cm³/mol. The van der Waals surface area contributed by atoms with E-state index in [1.165, 1.54) is 0 Å². The third-order valence-corrected chi connectivity index (χ3v) is 9.02. The summed E-state index contributed by atoms with van der Waals surface area (Å²) < 4.78 is 37.5. The summed E-state index contributed by atoms with van der Waals surface area (Å²) in [5.74, 6) is 0.480. The molecule has 12 heteroatoms. The second kappa shape index (κ2) is 10.1. The number of benzene rings is 1. The molecule has 0 saturated heterocycles. The third-order valence-electron chi connectivity index (χ3n) is 6.50. The van der Waals surface area contributed by atoms with Gasteiger partial charge in [0.2, 0.25) is 10.0 Å². The molecule has 2 heterocycles. The number of urea groups is 2. The summed E-state index contributed by atoms with van der Waals surface area (Å²) >= 11 is 0. The van der Waals surface area contributed by atoms with Crippen molar-refractivity contribution >= 4 is 28.0 Å². The summed E-state index contributed by atoms with van der Waals surface area (Å²) in [7, 11) is -3.21. The summed E-state index contributed by atoms with van der Waals surface area (Å²) in [6.07, 6.45) is 0.487. The molecule has 2 aliphatic rings. The Hall–Kier alpha value is -3.28. The number of ether oxygens (including phenoxy) is 2. The van der Waals surface area contributed by atoms with E-state index >= 15 is 0 Å². The number of carbonyl (C=O) groups excluding carboxylic acids is 3. The van der Waals surface area contributed by atoms with Crippen LogP contribution >= 0.6 is 0 Å². The Bertz CT molecular complexity index is 1160. The largest absolute Gasteiger partial charge is 0.494 e. The fraction of sp³-hybridized carbons (Fsp3) is 0.522. The molecular formula is C23H32N4O7S. The first-order valence-electron chi connectivity index (χ1n) is 11.5. The molecule has 1 unspecified atom stereocenters. The van der Waals surface area contributed by atoms with Gasteiger partial charge in [0.05, 0.1) is 19.8 Å². The van der Waals surface area contributed by atoms with Crippen molar-refractivity contribution in [2.75, 3.05) is 33.4 Å². The maximum Gasteiger partial charge on any atom is 0.328 e. The van der Waals surface area contributed by atoms with E-state index in [2.05, 4.69) is 5.32 Å². The van der Waals surface area contributed by atoms with Crippen molar-refractivity contribution in [1.29, 1.82) is 0 Å². The highest BCUT2D eigenvalue weighted by Crippen LogP contribution is 2.47. The van der Waals surface area contributed by atoms with Crippen LogP contribution in [0.3, 0.4) is 0 Å². The minimum atomic E-state index is -4.31. The average molecular weight is 509 g/mol. The molecule has 0 aliphatic carbocycles. The smallest absolute Gasteiger partial charge is 0.328 e. The van der Waals surface area contributed by atoms with Gasteiger partial charge in [-0.05, 0) is 44.4 Å². The van der Waals surface area contributed by atoms with Crippen molar-refractivity contribution in [3.8, 4) is 11.5 Å². The number of rotatable bonds is 8. The topological polar surface area (TPSA) is 148 Å². The quantitative estimate of drug-likeness (QED) is 0.546. The maximum absolute atomic E-state index is 13.7. The first kappa shape index (κ1) is 26.3. The molecule has 5 amide bonds. The van der Waals surface area contributed by atoms with E-state index in [9.17, 15) is 22.8 Å². The molecule has 1 aromatic rings. The molecule has 3 rings (SSSR count). The van der Waals surface area contributed by atoms with Crippen LogP contribution in [0.4, 0.5) is 9.59 Å². The average Bonchev–Trinajstić information content (AvgIpc) is 3.11. The molecule has 2 aliphatic heterocycles. The highest BCUT2D eigenvalue weighted by molar-refractivity contribution is 7.90. The minimum absolute atomic E-state index is 0.0348. The van der Waals surface area contributed by atoms with E-state index in [0.29, 0.717) is 40.0 Å². The molecule has 35 heavy (non-hydrogen) atoms. The number of primary amides is 1. The van der Waals surface area contributed by atoms with Gasteiger partial charge in [-0.2, -0.15) is 0 Å². The van der Waals surface area contributed by atoms with Gasteiger partial charge < -0.3 is 20.5 Å². The lowest BCUT2D eigenvalue weighted by Gasteiger charge is -2.40. The van der Waals surface area contributed by atoms with Crippen molar-refractivity contribution in [2.24, 2.45) is 5.73 Å². The van der Waals surface area contributed by atoms with E-state index < -0.39 is 26.8 Å². The normalized spacial score (nSPS) is 19.8. The van der Waals surface area contributed by atoms with Crippen molar-refractivity contribution in [1.82, 2.24) is 14.5 Å². The second-order valence-corrected chi connectivity index (χ2v) is 10.8. The third kappa shape index (κ3) is 4.66. The minimum Gasteiger partial charge on any atom is -0.494 e. The molecule has 11 nitrogen and oxygen atoms in total. The van der Waals surface area contributed by atoms with Gasteiger partial charge in [0.15, 0.2) is 0 Å². The first-order chi connectivity index (χ1) is 16.5. The molecule has 0 aromatic heterocycles. The molecule has 0 radical (unpaired) electrons. The van der Waals surface area contributed by atoms with E-state index in [-0.39, 0.29) is 38.4 Å². The lowest BCUT2D eigenvalue weighted by atomic mass is 9.89. The van der Waals surface area contributed by atoms with Crippen LogP contribution in [0.25, 0.3) is 0 Å². The van der Waals surface area contributed by atoms with Crippen molar-refractivity contribution in [2.45, 2.75) is 44.8 Å². The molecule has 0 saturated carbocycles. The SMILES string of the molecule is CCOc1ccc2c(c1)OCCC2(CCNC(=O)N1CC(C)=C(CC)C1=O)S(=O)(=O)N(C)C(N)=O. The number of nitrogens with one attached hydrogen (secondary N) is 1. The fourth-order valence-electron chi connectivity index (χ4n) is 4.59. The van der Waals surface area contributed by atoms with E-state index in [1.807, 2.05) is 13.8 Å². The Kier molecular flexibility index (Phi) is 7.63. The number of amides is 5. The summed E-state index contributed by atoms with van der Waals surface area (Å²) in [4.78, 5) is 38.2. The van der Waals surface area contributed by atoms with Crippen molar-refractivity contribution in [3.05, 3.63) is 34.9 Å². The van der Waals surface area contributed by atoms with Gasteiger partial charge in [0.1, 0.15) is 16.2 Å². The van der Waals surface area contributed by atoms with Crippen LogP contribution in [0.2, 0.25) is 0 Å². The molecular weight excluding hydrogens is 476 g/mol. The number of nitrogens with zero attached hydrogens (tertiary/aromatic N) is 2. The van der Waals surface area contributed by atoms with Gasteiger partial charge >= 0.3 is 12.1 Å². The summed E-state index contributed by atoms with van der Waals surface area (Å²) in [6, 6.07) is 3.11. The number of imide groups is 1. The number of hydrogen-bond acceptors (Lipinski definition) is 7. The number of nitrogens with two attached hydrogens (primary N) is 1. The van der Waals surface area contributed by atoms with Crippen LogP contribution in [0.5, 0.6) is 11.5 Å². The number of fused-ring (bicyclic) bond motifs is 1. The molecule has 3 N–H and O–H groups in total. The Balaban J connectivity index is 1.91. The zero-order valence-electron chi connectivity index (χ0n) is 20.4. The molecule has 0 fully saturated rings. The zero-order chi connectivity index (χ0) is 26.0. The number of hydrogen-bond donors (Lipinski definition) is 2. The van der Waals surface area contributed by atoms with Gasteiger partial charge in [-0.3, -0.25) is 9.69 Å². The van der Waals surface area contributed by atoms with E-state index in [1.54, 1.807) is 25.1 Å². The van der Waals surface area contributed by atoms with Gasteiger partial charge in [-0.1, -0.05) is 6.92 Å². The predicted octanol–water partition coefficient (Wildman–Crippen LogP) is 2.07. The summed E-state index contributed by atoms with van der Waals surface area (Å²) in [6.45, 7) is 6.09. The highest BCUT2D eigenvalue weighted by atomic mass is 32.2. The second-order valence-electron chi connectivity index (χ2n) is 8.48. The van der Waals surface area contributed by atoms with Crippen molar-refractivity contribution < 1.29 is 32.3 Å². The number of sulfonamides is 1. The molecule has 0 spiro atoms. The maximum atomic E-state index is 13.7. The van der Waals surface area contributed by atoms with Crippen LogP contribution in [0.15, 0.2) is 29.3 Å². The standard InChI is InChI=1S/C23H32N4O7S/c1-5-17-15(3)14-27(20(17)28)22(30)25-11-9-23(35(31,32)26(4)21(24)29)10-12-34-19-13-16(33-6-2)7-8-18(19)23/h7-8,13H,5-6,9-12,14H2,1-4H3,(H2,24,29)(H,25,30). The molecule has 192 valence electrons. The molecule has 1 aromatic carbocycles. The van der Waals surface area contributed by atoms with Crippen molar-refractivity contribution in [3.63, 3.8) is 0 Å². The Morgan fingerprint density at radius 1 is 1.31 bits per heavy atom. The summed E-state index contributed by atoms with van der Waals surface area (Å²) in [5.41, 5.74) is 7.10.